The molecule has 0 aliphatic carbocycles. The maximum absolute atomic E-state index is 12.7. The Morgan fingerprint density at radius 1 is 0.806 bits per heavy atom. The molecule has 8 nitrogen and oxygen atoms in total. The molecule has 0 radical (unpaired) electrons. The topological polar surface area (TPSA) is 116 Å². The summed E-state index contributed by atoms with van der Waals surface area (Å²) in [6.07, 6.45) is 0.259. The monoisotopic (exact) mass is 432 g/mol. The van der Waals surface area contributed by atoms with Gasteiger partial charge in [-0.3, -0.25) is 19.2 Å². The summed E-state index contributed by atoms with van der Waals surface area (Å²) in [6, 6.07) is 8.37. The van der Waals surface area contributed by atoms with E-state index in [-0.39, 0.29) is 36.7 Å². The maximum atomic E-state index is 12.7. The largest absolute Gasteiger partial charge is 0.354 e. The molecule has 0 bridgehead atoms. The smallest absolute Gasteiger partial charge is 0.243 e. The second-order valence-electron chi connectivity index (χ2n) is 9.80. The van der Waals surface area contributed by atoms with Crippen LogP contribution < -0.4 is 21.3 Å². The van der Waals surface area contributed by atoms with E-state index in [9.17, 15) is 19.2 Å². The highest BCUT2D eigenvalue weighted by molar-refractivity contribution is 5.92. The van der Waals surface area contributed by atoms with Gasteiger partial charge in [0.25, 0.3) is 0 Å². The van der Waals surface area contributed by atoms with Crippen molar-refractivity contribution in [2.75, 3.05) is 19.6 Å². The van der Waals surface area contributed by atoms with E-state index in [0.717, 1.165) is 5.56 Å². The van der Waals surface area contributed by atoms with Crippen molar-refractivity contribution in [1.29, 1.82) is 0 Å². The summed E-state index contributed by atoms with van der Waals surface area (Å²) in [5, 5.41) is 10.6. The van der Waals surface area contributed by atoms with Crippen molar-refractivity contribution >= 4 is 23.6 Å². The molecule has 1 aromatic rings. The first kappa shape index (κ1) is 26.1. The Morgan fingerprint density at radius 2 is 1.39 bits per heavy atom. The summed E-state index contributed by atoms with van der Waals surface area (Å²) < 4.78 is 0. The van der Waals surface area contributed by atoms with E-state index in [1.807, 2.05) is 51.1 Å². The standard InChI is InChI=1S/C23H36N4O4/c1-22(2,3)15-26-18(28)13-24-20(30)17(12-16-10-8-7-9-11-16)27-19(29)14-25-21(31)23(4,5)6/h7-11,17H,12-15H2,1-6H3,(H,24,30)(H,25,31)(H,26,28)(H,27,29)/t17-/m0/s1. The lowest BCUT2D eigenvalue weighted by atomic mass is 9.96. The third kappa shape index (κ3) is 11.2. The van der Waals surface area contributed by atoms with Crippen LogP contribution in [0.25, 0.3) is 0 Å². The summed E-state index contributed by atoms with van der Waals surface area (Å²) in [6.45, 7) is 11.3. The molecule has 0 saturated heterocycles. The van der Waals surface area contributed by atoms with Crippen molar-refractivity contribution < 1.29 is 19.2 Å². The molecule has 1 aromatic carbocycles. The number of hydrogen-bond donors (Lipinski definition) is 4. The maximum Gasteiger partial charge on any atom is 0.243 e. The molecule has 4 amide bonds. The predicted octanol–water partition coefficient (Wildman–Crippen LogP) is 1.15. The molecule has 31 heavy (non-hydrogen) atoms. The second-order valence-corrected chi connectivity index (χ2v) is 9.80. The van der Waals surface area contributed by atoms with Gasteiger partial charge in [-0.25, -0.2) is 0 Å². The van der Waals surface area contributed by atoms with E-state index in [2.05, 4.69) is 21.3 Å². The molecule has 172 valence electrons. The number of benzene rings is 1. The van der Waals surface area contributed by atoms with Crippen LogP contribution in [-0.2, 0) is 25.6 Å². The van der Waals surface area contributed by atoms with Gasteiger partial charge in [-0.15, -0.1) is 0 Å². The highest BCUT2D eigenvalue weighted by Crippen LogP contribution is 2.12. The van der Waals surface area contributed by atoms with Crippen LogP contribution in [0, 0.1) is 10.8 Å². The van der Waals surface area contributed by atoms with Crippen molar-refractivity contribution in [3.05, 3.63) is 35.9 Å². The Labute approximate surface area is 184 Å². The quantitative estimate of drug-likeness (QED) is 0.468. The average Bonchev–Trinajstić information content (AvgIpc) is 2.67. The van der Waals surface area contributed by atoms with Crippen LogP contribution >= 0.6 is 0 Å². The second kappa shape index (κ2) is 11.5. The van der Waals surface area contributed by atoms with Gasteiger partial charge in [-0.1, -0.05) is 71.9 Å². The Morgan fingerprint density at radius 3 is 1.94 bits per heavy atom. The number of rotatable bonds is 9. The molecule has 0 spiro atoms. The molecular weight excluding hydrogens is 396 g/mol. The lowest BCUT2D eigenvalue weighted by molar-refractivity contribution is -0.132. The zero-order chi connectivity index (χ0) is 23.7. The molecule has 0 heterocycles. The van der Waals surface area contributed by atoms with E-state index in [0.29, 0.717) is 6.54 Å². The minimum absolute atomic E-state index is 0.0685. The molecule has 1 atom stereocenters. The summed E-state index contributed by atoms with van der Waals surface area (Å²) in [5.41, 5.74) is 0.168. The van der Waals surface area contributed by atoms with E-state index in [1.54, 1.807) is 20.8 Å². The van der Waals surface area contributed by atoms with Crippen LogP contribution in [0.15, 0.2) is 30.3 Å². The fourth-order valence-corrected chi connectivity index (χ4v) is 2.45. The normalized spacial score (nSPS) is 12.5. The Balaban J connectivity index is 2.70. The van der Waals surface area contributed by atoms with Crippen molar-refractivity contribution in [1.82, 2.24) is 21.3 Å². The first-order chi connectivity index (χ1) is 14.3. The van der Waals surface area contributed by atoms with Gasteiger partial charge in [0, 0.05) is 18.4 Å². The minimum atomic E-state index is -0.878. The molecule has 0 aromatic heterocycles. The fraction of sp³-hybridized carbons (Fsp3) is 0.565. The average molecular weight is 433 g/mol. The van der Waals surface area contributed by atoms with E-state index < -0.39 is 23.3 Å². The summed E-state index contributed by atoms with van der Waals surface area (Å²) in [4.78, 5) is 49.0. The van der Waals surface area contributed by atoms with Gasteiger partial charge < -0.3 is 21.3 Å². The zero-order valence-electron chi connectivity index (χ0n) is 19.4. The first-order valence-electron chi connectivity index (χ1n) is 10.4. The molecule has 1 rings (SSSR count). The van der Waals surface area contributed by atoms with E-state index >= 15 is 0 Å². The summed E-state index contributed by atoms with van der Waals surface area (Å²) in [7, 11) is 0. The van der Waals surface area contributed by atoms with Gasteiger partial charge >= 0.3 is 0 Å². The SMILES string of the molecule is CC(C)(C)CNC(=O)CNC(=O)[C@H](Cc1ccccc1)NC(=O)CNC(=O)C(C)(C)C. The zero-order valence-corrected chi connectivity index (χ0v) is 19.4. The summed E-state index contributed by atoms with van der Waals surface area (Å²) >= 11 is 0. The van der Waals surface area contributed by atoms with Gasteiger partial charge in [0.15, 0.2) is 0 Å². The van der Waals surface area contributed by atoms with Crippen molar-refractivity contribution in [2.24, 2.45) is 10.8 Å². The summed E-state index contributed by atoms with van der Waals surface area (Å²) in [5.74, 6) is -1.51. The fourth-order valence-electron chi connectivity index (χ4n) is 2.45. The van der Waals surface area contributed by atoms with Crippen LogP contribution in [-0.4, -0.2) is 49.3 Å². The number of carbonyl (C=O) groups excluding carboxylic acids is 4. The molecule has 0 fully saturated rings. The third-order valence-electron chi connectivity index (χ3n) is 4.26. The van der Waals surface area contributed by atoms with Crippen LogP contribution in [0.1, 0.15) is 47.1 Å². The molecule has 0 unspecified atom stereocenters. The lowest BCUT2D eigenvalue weighted by Gasteiger charge is -2.21. The number of amides is 4. The Hall–Kier alpha value is -2.90. The first-order valence-corrected chi connectivity index (χ1v) is 10.4. The molecule has 0 aliphatic rings. The minimum Gasteiger partial charge on any atom is -0.354 e. The Bertz CT molecular complexity index is 764. The van der Waals surface area contributed by atoms with Gasteiger partial charge in [-0.2, -0.15) is 0 Å². The molecule has 0 aliphatic heterocycles. The van der Waals surface area contributed by atoms with Crippen LogP contribution in [0.5, 0.6) is 0 Å². The van der Waals surface area contributed by atoms with Crippen molar-refractivity contribution in [3.63, 3.8) is 0 Å². The highest BCUT2D eigenvalue weighted by Gasteiger charge is 2.24. The molecular formula is C23H36N4O4. The number of nitrogens with one attached hydrogen (secondary N) is 4. The van der Waals surface area contributed by atoms with Crippen LogP contribution in [0.4, 0.5) is 0 Å². The van der Waals surface area contributed by atoms with Crippen LogP contribution in [0.3, 0.4) is 0 Å². The van der Waals surface area contributed by atoms with Crippen LogP contribution in [0.2, 0.25) is 0 Å². The number of hydrogen-bond acceptors (Lipinski definition) is 4. The number of carbonyl (C=O) groups is 4. The van der Waals surface area contributed by atoms with Gasteiger partial charge in [0.2, 0.25) is 23.6 Å². The lowest BCUT2D eigenvalue weighted by Crippen LogP contribution is -2.52. The van der Waals surface area contributed by atoms with E-state index in [1.165, 1.54) is 0 Å². The highest BCUT2D eigenvalue weighted by atomic mass is 16.2. The molecule has 8 heteroatoms. The van der Waals surface area contributed by atoms with Gasteiger partial charge in [0.1, 0.15) is 6.04 Å². The third-order valence-corrected chi connectivity index (χ3v) is 4.26. The van der Waals surface area contributed by atoms with Gasteiger partial charge in [-0.05, 0) is 11.0 Å². The van der Waals surface area contributed by atoms with E-state index in [4.69, 9.17) is 0 Å². The van der Waals surface area contributed by atoms with Crippen molar-refractivity contribution in [2.45, 2.75) is 54.0 Å². The Kier molecular flexibility index (Phi) is 9.68. The molecule has 0 saturated carbocycles. The predicted molar refractivity (Wildman–Crippen MR) is 120 cm³/mol. The molecule has 4 N–H and O–H groups in total. The van der Waals surface area contributed by atoms with Gasteiger partial charge in [0.05, 0.1) is 13.1 Å². The van der Waals surface area contributed by atoms with Crippen molar-refractivity contribution in [3.8, 4) is 0 Å².